The topological polar surface area (TPSA) is 66.3 Å². The van der Waals surface area contributed by atoms with Gasteiger partial charge < -0.3 is 10.0 Å². The molecular formula is C15H15N3O2S. The second kappa shape index (κ2) is 4.80. The molecule has 6 heteroatoms. The van der Waals surface area contributed by atoms with Crippen LogP contribution in [0.15, 0.2) is 17.8 Å². The lowest BCUT2D eigenvalue weighted by atomic mass is 9.99. The van der Waals surface area contributed by atoms with Gasteiger partial charge in [0.15, 0.2) is 6.04 Å². The SMILES string of the molecule is O=C(O)C1c2ccsc2CCN1c1ncnc2c1CCC2. The van der Waals surface area contributed by atoms with Crippen molar-refractivity contribution in [1.29, 1.82) is 0 Å². The molecular weight excluding hydrogens is 286 g/mol. The molecule has 0 radical (unpaired) electrons. The maximum absolute atomic E-state index is 11.8. The molecule has 108 valence electrons. The van der Waals surface area contributed by atoms with Crippen molar-refractivity contribution in [3.63, 3.8) is 0 Å². The molecule has 0 saturated carbocycles. The Hall–Kier alpha value is -1.95. The molecule has 4 rings (SSSR count). The minimum atomic E-state index is -0.806. The van der Waals surface area contributed by atoms with E-state index in [9.17, 15) is 9.90 Å². The Bertz CT molecular complexity index is 713. The minimum absolute atomic E-state index is 0.625. The summed E-state index contributed by atoms with van der Waals surface area (Å²) in [6.07, 6.45) is 5.46. The first-order valence-electron chi connectivity index (χ1n) is 7.14. The van der Waals surface area contributed by atoms with E-state index in [4.69, 9.17) is 0 Å². The molecule has 1 atom stereocenters. The highest BCUT2D eigenvalue weighted by molar-refractivity contribution is 7.10. The normalized spacial score (nSPS) is 20.2. The average Bonchev–Trinajstić information content (AvgIpc) is 3.13. The van der Waals surface area contributed by atoms with Crippen LogP contribution < -0.4 is 4.90 Å². The van der Waals surface area contributed by atoms with Gasteiger partial charge in [-0.05, 0) is 42.7 Å². The van der Waals surface area contributed by atoms with Gasteiger partial charge in [-0.25, -0.2) is 14.8 Å². The molecule has 1 aliphatic carbocycles. The molecule has 2 aromatic rings. The number of aromatic nitrogens is 2. The Morgan fingerprint density at radius 3 is 3.10 bits per heavy atom. The predicted molar refractivity (Wildman–Crippen MR) is 79.8 cm³/mol. The van der Waals surface area contributed by atoms with Gasteiger partial charge in [0.1, 0.15) is 12.1 Å². The molecule has 2 aliphatic rings. The van der Waals surface area contributed by atoms with Gasteiger partial charge >= 0.3 is 5.97 Å². The molecule has 0 saturated heterocycles. The number of carboxylic acids is 1. The van der Waals surface area contributed by atoms with Crippen molar-refractivity contribution in [3.8, 4) is 0 Å². The van der Waals surface area contributed by atoms with Crippen LogP contribution in [0, 0.1) is 0 Å². The molecule has 5 nitrogen and oxygen atoms in total. The van der Waals surface area contributed by atoms with Crippen molar-refractivity contribution in [1.82, 2.24) is 9.97 Å². The Morgan fingerprint density at radius 1 is 1.33 bits per heavy atom. The van der Waals surface area contributed by atoms with Crippen molar-refractivity contribution in [3.05, 3.63) is 39.5 Å². The molecule has 0 aromatic carbocycles. The van der Waals surface area contributed by atoms with E-state index in [0.29, 0.717) is 6.54 Å². The first-order chi connectivity index (χ1) is 10.3. The zero-order valence-electron chi connectivity index (χ0n) is 11.5. The van der Waals surface area contributed by atoms with E-state index in [1.54, 1.807) is 17.7 Å². The smallest absolute Gasteiger partial charge is 0.331 e. The maximum atomic E-state index is 11.8. The molecule has 0 spiro atoms. The lowest BCUT2D eigenvalue weighted by Gasteiger charge is -2.35. The number of anilines is 1. The fourth-order valence-electron chi connectivity index (χ4n) is 3.40. The number of nitrogens with zero attached hydrogens (tertiary/aromatic N) is 3. The zero-order chi connectivity index (χ0) is 14.4. The van der Waals surface area contributed by atoms with Crippen LogP contribution in [0.1, 0.15) is 34.2 Å². The second-order valence-corrected chi connectivity index (χ2v) is 6.46. The van der Waals surface area contributed by atoms with Crippen LogP contribution >= 0.6 is 11.3 Å². The Kier molecular flexibility index (Phi) is 2.92. The summed E-state index contributed by atoms with van der Waals surface area (Å²) in [7, 11) is 0. The molecule has 1 N–H and O–H groups in total. The highest BCUT2D eigenvalue weighted by Gasteiger charge is 2.36. The average molecular weight is 301 g/mol. The van der Waals surface area contributed by atoms with Gasteiger partial charge in [0.25, 0.3) is 0 Å². The quantitative estimate of drug-likeness (QED) is 0.921. The molecule has 0 bridgehead atoms. The number of rotatable bonds is 2. The fraction of sp³-hybridized carbons (Fsp3) is 0.400. The first-order valence-corrected chi connectivity index (χ1v) is 8.02. The van der Waals surface area contributed by atoms with Crippen LogP contribution in [0.5, 0.6) is 0 Å². The molecule has 1 aliphatic heterocycles. The number of aryl methyl sites for hydroxylation is 1. The van der Waals surface area contributed by atoms with Gasteiger partial charge in [-0.1, -0.05) is 0 Å². The number of aliphatic carboxylic acids is 1. The maximum Gasteiger partial charge on any atom is 0.331 e. The summed E-state index contributed by atoms with van der Waals surface area (Å²) in [4.78, 5) is 23.7. The van der Waals surface area contributed by atoms with Gasteiger partial charge in [-0.3, -0.25) is 0 Å². The molecule has 3 heterocycles. The van der Waals surface area contributed by atoms with E-state index >= 15 is 0 Å². The van der Waals surface area contributed by atoms with Crippen molar-refractivity contribution in [2.24, 2.45) is 0 Å². The van der Waals surface area contributed by atoms with E-state index < -0.39 is 12.0 Å². The van der Waals surface area contributed by atoms with Gasteiger partial charge in [0.2, 0.25) is 0 Å². The zero-order valence-corrected chi connectivity index (χ0v) is 12.3. The highest BCUT2D eigenvalue weighted by Crippen LogP contribution is 2.38. The van der Waals surface area contributed by atoms with E-state index in [2.05, 4.69) is 9.97 Å². The minimum Gasteiger partial charge on any atom is -0.479 e. The lowest BCUT2D eigenvalue weighted by molar-refractivity contribution is -0.138. The third-order valence-electron chi connectivity index (χ3n) is 4.32. The Balaban J connectivity index is 1.82. The fourth-order valence-corrected chi connectivity index (χ4v) is 4.30. The van der Waals surface area contributed by atoms with Crippen LogP contribution in [-0.4, -0.2) is 27.6 Å². The van der Waals surface area contributed by atoms with Crippen LogP contribution in [-0.2, 0) is 24.1 Å². The summed E-state index contributed by atoms with van der Waals surface area (Å²) in [6, 6.07) is 1.31. The molecule has 2 aromatic heterocycles. The third-order valence-corrected chi connectivity index (χ3v) is 5.32. The number of hydrogen-bond donors (Lipinski definition) is 1. The number of thiophene rings is 1. The molecule has 21 heavy (non-hydrogen) atoms. The van der Waals surface area contributed by atoms with Crippen molar-refractivity contribution >= 4 is 23.1 Å². The largest absolute Gasteiger partial charge is 0.479 e. The van der Waals surface area contributed by atoms with Gasteiger partial charge in [0, 0.05) is 22.7 Å². The van der Waals surface area contributed by atoms with Crippen molar-refractivity contribution in [2.75, 3.05) is 11.4 Å². The Labute approximate surface area is 126 Å². The predicted octanol–water partition coefficient (Wildman–Crippen LogP) is 2.22. The van der Waals surface area contributed by atoms with E-state index in [-0.39, 0.29) is 0 Å². The summed E-state index contributed by atoms with van der Waals surface area (Å²) < 4.78 is 0. The van der Waals surface area contributed by atoms with Crippen LogP contribution in [0.25, 0.3) is 0 Å². The number of carboxylic acid groups (broad SMARTS) is 1. The lowest BCUT2D eigenvalue weighted by Crippen LogP contribution is -2.40. The first kappa shape index (κ1) is 12.8. The van der Waals surface area contributed by atoms with Crippen molar-refractivity contribution < 1.29 is 9.90 Å². The van der Waals surface area contributed by atoms with Crippen LogP contribution in [0.3, 0.4) is 0 Å². The summed E-state index contributed by atoms with van der Waals surface area (Å²) in [5, 5.41) is 11.7. The number of fused-ring (bicyclic) bond motifs is 2. The van der Waals surface area contributed by atoms with Gasteiger partial charge in [0.05, 0.1) is 0 Å². The van der Waals surface area contributed by atoms with Gasteiger partial charge in [-0.15, -0.1) is 11.3 Å². The molecule has 0 amide bonds. The molecule has 1 unspecified atom stereocenters. The second-order valence-electron chi connectivity index (χ2n) is 5.46. The molecule has 0 fully saturated rings. The van der Waals surface area contributed by atoms with Crippen LogP contribution in [0.4, 0.5) is 5.82 Å². The summed E-state index contributed by atoms with van der Waals surface area (Å²) in [6.45, 7) is 0.702. The highest BCUT2D eigenvalue weighted by atomic mass is 32.1. The van der Waals surface area contributed by atoms with Crippen molar-refractivity contribution in [2.45, 2.75) is 31.7 Å². The standard InChI is InChI=1S/C15H15N3O2S/c19-15(20)13-10-5-7-21-12(10)4-6-18(13)14-9-2-1-3-11(9)16-8-17-14/h5,7-8,13H,1-4,6H2,(H,19,20). The summed E-state index contributed by atoms with van der Waals surface area (Å²) in [5.74, 6) is 0.0152. The van der Waals surface area contributed by atoms with Crippen LogP contribution in [0.2, 0.25) is 0 Å². The van der Waals surface area contributed by atoms with Gasteiger partial charge in [-0.2, -0.15) is 0 Å². The number of hydrogen-bond acceptors (Lipinski definition) is 5. The Morgan fingerprint density at radius 2 is 2.24 bits per heavy atom. The number of carbonyl (C=O) groups is 1. The van der Waals surface area contributed by atoms with E-state index in [0.717, 1.165) is 48.3 Å². The van der Waals surface area contributed by atoms with E-state index in [1.807, 2.05) is 16.3 Å². The van der Waals surface area contributed by atoms with E-state index in [1.165, 1.54) is 4.88 Å². The summed E-state index contributed by atoms with van der Waals surface area (Å²) >= 11 is 1.65. The third kappa shape index (κ3) is 1.93. The summed E-state index contributed by atoms with van der Waals surface area (Å²) in [5.41, 5.74) is 3.15. The monoisotopic (exact) mass is 301 g/mol.